The van der Waals surface area contributed by atoms with Crippen LogP contribution in [0.3, 0.4) is 0 Å². The lowest BCUT2D eigenvalue weighted by atomic mass is 9.92. The van der Waals surface area contributed by atoms with Gasteiger partial charge in [0.1, 0.15) is 0 Å². The number of nitrogens with one attached hydrogen (secondary N) is 1. The molecule has 0 aromatic heterocycles. The second-order valence-corrected chi connectivity index (χ2v) is 10.2. The molecule has 6 nitrogen and oxygen atoms in total. The number of carbonyl (C=O) groups excluding carboxylic acids is 1. The van der Waals surface area contributed by atoms with E-state index in [2.05, 4.69) is 24.1 Å². The first-order chi connectivity index (χ1) is 11.8. The van der Waals surface area contributed by atoms with Crippen LogP contribution in [0.25, 0.3) is 0 Å². The van der Waals surface area contributed by atoms with Crippen molar-refractivity contribution in [3.05, 3.63) is 0 Å². The maximum absolute atomic E-state index is 12.3. The third kappa shape index (κ3) is 6.22. The first kappa shape index (κ1) is 20.6. The lowest BCUT2D eigenvalue weighted by molar-refractivity contribution is -0.126. The highest BCUT2D eigenvalue weighted by atomic mass is 32.2. The van der Waals surface area contributed by atoms with Gasteiger partial charge in [0, 0.05) is 38.6 Å². The van der Waals surface area contributed by atoms with Gasteiger partial charge in [-0.2, -0.15) is 0 Å². The summed E-state index contributed by atoms with van der Waals surface area (Å²) in [5, 5.41) is 3.05. The van der Waals surface area contributed by atoms with Crippen molar-refractivity contribution in [3.8, 4) is 0 Å². The van der Waals surface area contributed by atoms with E-state index in [0.717, 1.165) is 24.8 Å². The Bertz CT molecular complexity index is 520. The van der Waals surface area contributed by atoms with E-state index in [-0.39, 0.29) is 17.6 Å². The molecule has 2 heterocycles. The number of hydrogen-bond donors (Lipinski definition) is 1. The van der Waals surface area contributed by atoms with Crippen LogP contribution in [0.5, 0.6) is 0 Å². The minimum atomic E-state index is -3.12. The van der Waals surface area contributed by atoms with Gasteiger partial charge < -0.3 is 10.2 Å². The molecule has 0 saturated carbocycles. The van der Waals surface area contributed by atoms with Gasteiger partial charge in [-0.15, -0.1) is 0 Å². The van der Waals surface area contributed by atoms with Crippen LogP contribution in [0.1, 0.15) is 46.5 Å². The van der Waals surface area contributed by atoms with E-state index in [0.29, 0.717) is 32.5 Å². The minimum absolute atomic E-state index is 0.0432. The summed E-state index contributed by atoms with van der Waals surface area (Å²) in [4.78, 5) is 14.8. The summed E-state index contributed by atoms with van der Waals surface area (Å²) < 4.78 is 25.2. The molecule has 2 aliphatic rings. The summed E-state index contributed by atoms with van der Waals surface area (Å²) in [5.74, 6) is 1.72. The summed E-state index contributed by atoms with van der Waals surface area (Å²) in [5.41, 5.74) is 0. The van der Waals surface area contributed by atoms with E-state index in [1.807, 2.05) is 0 Å². The zero-order valence-electron chi connectivity index (χ0n) is 16.0. The number of hydrogen-bond acceptors (Lipinski definition) is 4. The first-order valence-electron chi connectivity index (χ1n) is 9.79. The van der Waals surface area contributed by atoms with Gasteiger partial charge in [0.05, 0.1) is 5.75 Å². The molecule has 0 aromatic rings. The van der Waals surface area contributed by atoms with Gasteiger partial charge in [-0.25, -0.2) is 12.7 Å². The van der Waals surface area contributed by atoms with Crippen molar-refractivity contribution in [2.45, 2.75) is 46.5 Å². The van der Waals surface area contributed by atoms with Gasteiger partial charge in [0.25, 0.3) is 0 Å². The van der Waals surface area contributed by atoms with Gasteiger partial charge in [-0.1, -0.05) is 13.8 Å². The molecule has 2 fully saturated rings. The van der Waals surface area contributed by atoms with Crippen LogP contribution in [0.4, 0.5) is 0 Å². The number of rotatable bonds is 7. The number of nitrogens with zero attached hydrogens (tertiary/aromatic N) is 2. The Labute approximate surface area is 153 Å². The zero-order chi connectivity index (χ0) is 18.4. The Morgan fingerprint density at radius 1 is 1.12 bits per heavy atom. The van der Waals surface area contributed by atoms with Gasteiger partial charge in [-0.05, 0) is 51.0 Å². The van der Waals surface area contributed by atoms with Crippen LogP contribution in [0.15, 0.2) is 0 Å². The van der Waals surface area contributed by atoms with Crippen LogP contribution < -0.4 is 5.32 Å². The van der Waals surface area contributed by atoms with Crippen molar-refractivity contribution in [1.29, 1.82) is 0 Å². The number of amides is 1. The predicted molar refractivity (Wildman–Crippen MR) is 101 cm³/mol. The Hall–Kier alpha value is -0.660. The minimum Gasteiger partial charge on any atom is -0.356 e. The Kier molecular flexibility index (Phi) is 7.70. The SMILES string of the molecule is CCS(=O)(=O)N1CCC(C(=O)NCCCN2CC(C)CC(C)C2)CC1. The molecule has 2 saturated heterocycles. The number of piperidine rings is 2. The number of carbonyl (C=O) groups is 1. The molecule has 0 aromatic carbocycles. The second-order valence-electron chi connectivity index (χ2n) is 7.92. The molecule has 2 atom stereocenters. The summed E-state index contributed by atoms with van der Waals surface area (Å²) in [6.45, 7) is 11.3. The smallest absolute Gasteiger partial charge is 0.223 e. The molecular formula is C18H35N3O3S. The van der Waals surface area contributed by atoms with Crippen molar-refractivity contribution in [2.24, 2.45) is 17.8 Å². The van der Waals surface area contributed by atoms with Crippen molar-refractivity contribution >= 4 is 15.9 Å². The van der Waals surface area contributed by atoms with E-state index < -0.39 is 10.0 Å². The highest BCUT2D eigenvalue weighted by Gasteiger charge is 2.30. The Balaban J connectivity index is 1.63. The van der Waals surface area contributed by atoms with Crippen molar-refractivity contribution in [2.75, 3.05) is 45.0 Å². The first-order valence-corrected chi connectivity index (χ1v) is 11.4. The molecule has 2 aliphatic heterocycles. The second kappa shape index (κ2) is 9.33. The average molecular weight is 374 g/mol. The molecule has 7 heteroatoms. The van der Waals surface area contributed by atoms with E-state index in [4.69, 9.17) is 0 Å². The lowest BCUT2D eigenvalue weighted by Crippen LogP contribution is -2.44. The predicted octanol–water partition coefficient (Wildman–Crippen LogP) is 1.53. The highest BCUT2D eigenvalue weighted by molar-refractivity contribution is 7.89. The number of likely N-dealkylation sites (tertiary alicyclic amines) is 1. The third-order valence-electron chi connectivity index (χ3n) is 5.48. The summed E-state index contributed by atoms with van der Waals surface area (Å²) >= 11 is 0. The van der Waals surface area contributed by atoms with Gasteiger partial charge in [0.15, 0.2) is 0 Å². The molecule has 2 rings (SSSR count). The highest BCUT2D eigenvalue weighted by Crippen LogP contribution is 2.21. The van der Waals surface area contributed by atoms with E-state index in [1.54, 1.807) is 6.92 Å². The van der Waals surface area contributed by atoms with E-state index in [1.165, 1.54) is 23.8 Å². The molecule has 146 valence electrons. The topological polar surface area (TPSA) is 69.7 Å². The van der Waals surface area contributed by atoms with Crippen LogP contribution in [0, 0.1) is 17.8 Å². The molecule has 0 aliphatic carbocycles. The van der Waals surface area contributed by atoms with Gasteiger partial charge >= 0.3 is 0 Å². The molecule has 0 radical (unpaired) electrons. The third-order valence-corrected chi connectivity index (χ3v) is 7.36. The zero-order valence-corrected chi connectivity index (χ0v) is 16.9. The molecule has 2 unspecified atom stereocenters. The number of sulfonamides is 1. The van der Waals surface area contributed by atoms with Gasteiger partial charge in [-0.3, -0.25) is 4.79 Å². The maximum atomic E-state index is 12.3. The quantitative estimate of drug-likeness (QED) is 0.687. The van der Waals surface area contributed by atoms with E-state index >= 15 is 0 Å². The van der Waals surface area contributed by atoms with Crippen LogP contribution >= 0.6 is 0 Å². The maximum Gasteiger partial charge on any atom is 0.223 e. The van der Waals surface area contributed by atoms with Crippen molar-refractivity contribution < 1.29 is 13.2 Å². The molecule has 25 heavy (non-hydrogen) atoms. The summed E-state index contributed by atoms with van der Waals surface area (Å²) in [6.07, 6.45) is 3.56. The molecule has 1 amide bonds. The molecule has 1 N–H and O–H groups in total. The van der Waals surface area contributed by atoms with Crippen LogP contribution in [-0.2, 0) is 14.8 Å². The van der Waals surface area contributed by atoms with Crippen LogP contribution in [-0.4, -0.2) is 68.6 Å². The monoisotopic (exact) mass is 373 g/mol. The summed E-state index contributed by atoms with van der Waals surface area (Å²) in [7, 11) is -3.12. The lowest BCUT2D eigenvalue weighted by Gasteiger charge is -2.35. The Morgan fingerprint density at radius 3 is 2.28 bits per heavy atom. The normalized spacial score (nSPS) is 27.3. The van der Waals surface area contributed by atoms with Crippen LogP contribution in [0.2, 0.25) is 0 Å². The Morgan fingerprint density at radius 2 is 1.72 bits per heavy atom. The fraction of sp³-hybridized carbons (Fsp3) is 0.944. The molecule has 0 bridgehead atoms. The van der Waals surface area contributed by atoms with Crippen molar-refractivity contribution in [1.82, 2.24) is 14.5 Å². The molecular weight excluding hydrogens is 338 g/mol. The van der Waals surface area contributed by atoms with E-state index in [9.17, 15) is 13.2 Å². The van der Waals surface area contributed by atoms with Crippen molar-refractivity contribution in [3.63, 3.8) is 0 Å². The largest absolute Gasteiger partial charge is 0.356 e. The molecule has 0 spiro atoms. The standard InChI is InChI=1S/C18H35N3O3S/c1-4-25(23,24)21-10-6-17(7-11-21)18(22)19-8-5-9-20-13-15(2)12-16(3)14-20/h15-17H,4-14H2,1-3H3,(H,19,22). The summed E-state index contributed by atoms with van der Waals surface area (Å²) in [6, 6.07) is 0. The van der Waals surface area contributed by atoms with Gasteiger partial charge in [0.2, 0.25) is 15.9 Å². The fourth-order valence-corrected chi connectivity index (χ4v) is 5.34. The fourth-order valence-electron chi connectivity index (χ4n) is 4.21. The average Bonchev–Trinajstić information content (AvgIpc) is 2.58.